The molecule has 0 aliphatic carbocycles. The molecule has 0 spiro atoms. The van der Waals surface area contributed by atoms with Crippen LogP contribution in [0.2, 0.25) is 0 Å². The molecule has 1 aromatic carbocycles. The maximum atomic E-state index is 5.80. The summed E-state index contributed by atoms with van der Waals surface area (Å²) in [5.74, 6) is 1.01. The molecule has 2 aromatic rings. The van der Waals surface area contributed by atoms with Crippen molar-refractivity contribution in [2.24, 2.45) is 5.73 Å². The van der Waals surface area contributed by atoms with Gasteiger partial charge in [-0.25, -0.2) is 9.97 Å². The summed E-state index contributed by atoms with van der Waals surface area (Å²) in [7, 11) is 1.93. The van der Waals surface area contributed by atoms with Crippen molar-refractivity contribution in [2.75, 3.05) is 11.9 Å². The van der Waals surface area contributed by atoms with Gasteiger partial charge in [0.05, 0.1) is 5.69 Å². The van der Waals surface area contributed by atoms with Crippen LogP contribution in [-0.2, 0) is 0 Å². The predicted molar refractivity (Wildman–Crippen MR) is 91.3 cm³/mol. The largest absolute Gasteiger partial charge is 0.389 e. The second-order valence-corrected chi connectivity index (χ2v) is 5.77. The molecule has 0 unspecified atom stereocenters. The Kier molecular flexibility index (Phi) is 4.53. The highest BCUT2D eigenvalue weighted by Gasteiger charge is 2.14. The molecule has 0 radical (unpaired) electrons. The molecule has 0 aliphatic rings. The van der Waals surface area contributed by atoms with Gasteiger partial charge in [0.1, 0.15) is 4.99 Å². The highest BCUT2D eigenvalue weighted by Crippen LogP contribution is 2.26. The molecule has 0 aliphatic heterocycles. The Labute approximate surface area is 131 Å². The van der Waals surface area contributed by atoms with Crippen LogP contribution in [0.1, 0.15) is 36.7 Å². The fourth-order valence-electron chi connectivity index (χ4n) is 2.10. The van der Waals surface area contributed by atoms with E-state index >= 15 is 0 Å². The van der Waals surface area contributed by atoms with Crippen molar-refractivity contribution in [1.82, 2.24) is 9.97 Å². The molecule has 0 fully saturated rings. The molecular formula is C16H20N4S. The van der Waals surface area contributed by atoms with Gasteiger partial charge in [-0.3, -0.25) is 0 Å². The number of hydrogen-bond acceptors (Lipinski definition) is 4. The Balaban J connectivity index is 2.50. The average Bonchev–Trinajstić information content (AvgIpc) is 2.45. The third-order valence-electron chi connectivity index (χ3n) is 3.28. The number of nitrogens with zero attached hydrogens (tertiary/aromatic N) is 3. The molecule has 1 heterocycles. The fraction of sp³-hybridized carbons (Fsp3) is 0.312. The molecule has 0 saturated heterocycles. The second kappa shape index (κ2) is 6.18. The number of hydrogen-bond donors (Lipinski definition) is 1. The molecule has 110 valence electrons. The van der Waals surface area contributed by atoms with Crippen LogP contribution in [-0.4, -0.2) is 22.0 Å². The summed E-state index contributed by atoms with van der Waals surface area (Å²) in [5.41, 5.74) is 9.51. The Morgan fingerprint density at radius 1 is 1.24 bits per heavy atom. The molecule has 2 rings (SSSR count). The molecule has 0 saturated carbocycles. The second-order valence-electron chi connectivity index (χ2n) is 5.33. The SMILES string of the molecule is Cc1cc(C(C)C)nc(N(C)c2ccccc2C(N)=S)n1. The molecule has 0 atom stereocenters. The van der Waals surface area contributed by atoms with Gasteiger partial charge < -0.3 is 10.6 Å². The monoisotopic (exact) mass is 300 g/mol. The lowest BCUT2D eigenvalue weighted by atomic mass is 10.1. The minimum atomic E-state index is 0.352. The highest BCUT2D eigenvalue weighted by molar-refractivity contribution is 7.80. The standard InChI is InChI=1S/C16H20N4S/c1-10(2)13-9-11(3)18-16(19-13)20(4)14-8-6-5-7-12(14)15(17)21/h5-10H,1-4H3,(H2,17,21). The fourth-order valence-corrected chi connectivity index (χ4v) is 2.28. The van der Waals surface area contributed by atoms with Gasteiger partial charge >= 0.3 is 0 Å². The lowest BCUT2D eigenvalue weighted by Crippen LogP contribution is -2.20. The van der Waals surface area contributed by atoms with E-state index in [-0.39, 0.29) is 0 Å². The summed E-state index contributed by atoms with van der Waals surface area (Å²) >= 11 is 5.12. The molecule has 0 bridgehead atoms. The van der Waals surface area contributed by atoms with Crippen molar-refractivity contribution in [3.63, 3.8) is 0 Å². The third-order valence-corrected chi connectivity index (χ3v) is 3.50. The van der Waals surface area contributed by atoms with E-state index in [1.165, 1.54) is 0 Å². The first-order valence-electron chi connectivity index (χ1n) is 6.88. The van der Waals surface area contributed by atoms with Crippen LogP contribution in [0.15, 0.2) is 30.3 Å². The van der Waals surface area contributed by atoms with Gasteiger partial charge in [-0.05, 0) is 31.0 Å². The molecule has 21 heavy (non-hydrogen) atoms. The van der Waals surface area contributed by atoms with Crippen molar-refractivity contribution in [1.29, 1.82) is 0 Å². The number of nitrogens with two attached hydrogens (primary N) is 1. The van der Waals surface area contributed by atoms with Gasteiger partial charge in [0.25, 0.3) is 0 Å². The van der Waals surface area contributed by atoms with Crippen molar-refractivity contribution in [3.05, 3.63) is 47.3 Å². The number of benzene rings is 1. The van der Waals surface area contributed by atoms with Crippen LogP contribution < -0.4 is 10.6 Å². The number of rotatable bonds is 4. The first-order valence-corrected chi connectivity index (χ1v) is 7.29. The minimum absolute atomic E-state index is 0.352. The van der Waals surface area contributed by atoms with E-state index in [1.54, 1.807) is 0 Å². The predicted octanol–water partition coefficient (Wildman–Crippen LogP) is 3.31. The van der Waals surface area contributed by atoms with E-state index in [0.29, 0.717) is 16.9 Å². The molecule has 0 amide bonds. The minimum Gasteiger partial charge on any atom is -0.389 e. The summed E-state index contributed by atoms with van der Waals surface area (Å²) in [5, 5.41) is 0. The van der Waals surface area contributed by atoms with Gasteiger partial charge in [0.15, 0.2) is 0 Å². The van der Waals surface area contributed by atoms with E-state index in [4.69, 9.17) is 18.0 Å². The van der Waals surface area contributed by atoms with E-state index in [0.717, 1.165) is 22.6 Å². The summed E-state index contributed by atoms with van der Waals surface area (Å²) < 4.78 is 0. The molecule has 1 aromatic heterocycles. The number of para-hydroxylation sites is 1. The van der Waals surface area contributed by atoms with Crippen molar-refractivity contribution in [3.8, 4) is 0 Å². The van der Waals surface area contributed by atoms with E-state index in [2.05, 4.69) is 23.8 Å². The van der Waals surface area contributed by atoms with E-state index in [1.807, 2.05) is 49.2 Å². The first kappa shape index (κ1) is 15.4. The average molecular weight is 300 g/mol. The molecule has 2 N–H and O–H groups in total. The highest BCUT2D eigenvalue weighted by atomic mass is 32.1. The van der Waals surface area contributed by atoms with Crippen LogP contribution >= 0.6 is 12.2 Å². The lowest BCUT2D eigenvalue weighted by Gasteiger charge is -2.21. The van der Waals surface area contributed by atoms with Crippen LogP contribution in [0.3, 0.4) is 0 Å². The zero-order valence-electron chi connectivity index (χ0n) is 12.8. The maximum absolute atomic E-state index is 5.80. The summed E-state index contributed by atoms with van der Waals surface area (Å²) in [4.78, 5) is 11.5. The lowest BCUT2D eigenvalue weighted by molar-refractivity contribution is 0.804. The van der Waals surface area contributed by atoms with Crippen molar-refractivity contribution in [2.45, 2.75) is 26.7 Å². The summed E-state index contributed by atoms with van der Waals surface area (Å²) in [6.07, 6.45) is 0. The van der Waals surface area contributed by atoms with Crippen LogP contribution in [0.5, 0.6) is 0 Å². The van der Waals surface area contributed by atoms with Gasteiger partial charge in [-0.1, -0.05) is 38.2 Å². The Morgan fingerprint density at radius 2 is 1.90 bits per heavy atom. The van der Waals surface area contributed by atoms with Crippen LogP contribution in [0.4, 0.5) is 11.6 Å². The van der Waals surface area contributed by atoms with Crippen LogP contribution in [0, 0.1) is 6.92 Å². The smallest absolute Gasteiger partial charge is 0.230 e. The topological polar surface area (TPSA) is 55.0 Å². The van der Waals surface area contributed by atoms with E-state index in [9.17, 15) is 0 Å². The Hall–Kier alpha value is -2.01. The normalized spacial score (nSPS) is 10.7. The summed E-state index contributed by atoms with van der Waals surface area (Å²) in [6, 6.07) is 9.76. The van der Waals surface area contributed by atoms with Crippen molar-refractivity contribution < 1.29 is 0 Å². The van der Waals surface area contributed by atoms with Gasteiger partial charge in [0, 0.05) is 24.0 Å². The first-order chi connectivity index (χ1) is 9.90. The van der Waals surface area contributed by atoms with Gasteiger partial charge in [0.2, 0.25) is 5.95 Å². The Morgan fingerprint density at radius 3 is 2.52 bits per heavy atom. The van der Waals surface area contributed by atoms with Gasteiger partial charge in [-0.2, -0.15) is 0 Å². The molecule has 4 nitrogen and oxygen atoms in total. The summed E-state index contributed by atoms with van der Waals surface area (Å²) in [6.45, 7) is 6.22. The number of anilines is 2. The quantitative estimate of drug-likeness (QED) is 0.878. The molecular weight excluding hydrogens is 280 g/mol. The third kappa shape index (κ3) is 3.36. The number of aryl methyl sites for hydroxylation is 1. The zero-order chi connectivity index (χ0) is 15.6. The Bertz CT molecular complexity index is 667. The number of thiocarbonyl (C=S) groups is 1. The number of aromatic nitrogens is 2. The van der Waals surface area contributed by atoms with E-state index < -0.39 is 0 Å². The van der Waals surface area contributed by atoms with Crippen LogP contribution in [0.25, 0.3) is 0 Å². The maximum Gasteiger partial charge on any atom is 0.230 e. The van der Waals surface area contributed by atoms with Crippen molar-refractivity contribution >= 4 is 28.8 Å². The zero-order valence-corrected chi connectivity index (χ0v) is 13.6. The van der Waals surface area contributed by atoms with Gasteiger partial charge in [-0.15, -0.1) is 0 Å². The molecule has 5 heteroatoms.